The zero-order valence-corrected chi connectivity index (χ0v) is 13.0. The van der Waals surface area contributed by atoms with Crippen LogP contribution in [0.2, 0.25) is 0 Å². The maximum absolute atomic E-state index is 14.0. The minimum Gasteiger partial charge on any atom is -0.285 e. The molecule has 0 bridgehead atoms. The Morgan fingerprint density at radius 2 is 1.80 bits per heavy atom. The van der Waals surface area contributed by atoms with E-state index in [0.717, 1.165) is 22.8 Å². The molecule has 4 rings (SSSR count). The summed E-state index contributed by atoms with van der Waals surface area (Å²) in [6.45, 7) is 0. The molecule has 0 aliphatic carbocycles. The Balaban J connectivity index is 2.11. The lowest BCUT2D eigenvalue weighted by Crippen LogP contribution is -2.22. The van der Waals surface area contributed by atoms with E-state index in [1.165, 1.54) is 6.07 Å². The molecule has 3 aromatic rings. The number of nitrogens with zero attached hydrogens (tertiary/aromatic N) is 2. The predicted octanol–water partition coefficient (Wildman–Crippen LogP) is 0.856. The van der Waals surface area contributed by atoms with Gasteiger partial charge in [-0.15, -0.1) is 0 Å². The molecule has 0 radical (unpaired) electrons. The molecule has 1 aliphatic rings. The molecule has 0 saturated carbocycles. The number of fused-ring (bicyclic) bond motifs is 4. The van der Waals surface area contributed by atoms with Gasteiger partial charge in [-0.25, -0.2) is 27.3 Å². The molecule has 0 fully saturated rings. The van der Waals surface area contributed by atoms with Crippen LogP contribution >= 0.6 is 0 Å². The first-order chi connectivity index (χ1) is 11.7. The summed E-state index contributed by atoms with van der Waals surface area (Å²) < 4.78 is 51.1. The number of benzene rings is 2. The first-order valence-corrected chi connectivity index (χ1v) is 8.37. The average Bonchev–Trinajstić information content (AvgIpc) is 2.78. The quantitative estimate of drug-likeness (QED) is 0.539. The van der Waals surface area contributed by atoms with E-state index in [1.54, 1.807) is 0 Å². The van der Waals surface area contributed by atoms with Crippen molar-refractivity contribution in [1.82, 2.24) is 9.55 Å². The SMILES string of the molecule is NS(=O)(=O)c1ccc2c(c1)C(=O)c1nc3cc(F)cc(F)c3c(=O)n1-2. The van der Waals surface area contributed by atoms with Crippen LogP contribution in [0, 0.1) is 11.6 Å². The maximum Gasteiger partial charge on any atom is 0.269 e. The highest BCUT2D eigenvalue weighted by Gasteiger charge is 2.32. The third kappa shape index (κ3) is 2.11. The van der Waals surface area contributed by atoms with Crippen molar-refractivity contribution in [3.63, 3.8) is 0 Å². The molecule has 126 valence electrons. The lowest BCUT2D eigenvalue weighted by molar-refractivity contribution is 0.103. The van der Waals surface area contributed by atoms with E-state index in [-0.39, 0.29) is 27.5 Å². The topological polar surface area (TPSA) is 112 Å². The molecule has 0 spiro atoms. The number of sulfonamides is 1. The first-order valence-electron chi connectivity index (χ1n) is 6.82. The van der Waals surface area contributed by atoms with Crippen LogP contribution < -0.4 is 10.7 Å². The van der Waals surface area contributed by atoms with Crippen LogP contribution in [0.1, 0.15) is 16.2 Å². The summed E-state index contributed by atoms with van der Waals surface area (Å²) in [5.74, 6) is -3.15. The van der Waals surface area contributed by atoms with Crippen LogP contribution in [-0.4, -0.2) is 23.8 Å². The van der Waals surface area contributed by atoms with Gasteiger partial charge in [0, 0.05) is 12.1 Å². The van der Waals surface area contributed by atoms with E-state index in [0.29, 0.717) is 6.07 Å². The number of carbonyl (C=O) groups is 1. The van der Waals surface area contributed by atoms with Crippen molar-refractivity contribution in [1.29, 1.82) is 0 Å². The zero-order chi connectivity index (χ0) is 18.1. The van der Waals surface area contributed by atoms with E-state index in [9.17, 15) is 26.8 Å². The molecule has 7 nitrogen and oxygen atoms in total. The molecule has 25 heavy (non-hydrogen) atoms. The van der Waals surface area contributed by atoms with Gasteiger partial charge in [0.1, 0.15) is 17.0 Å². The van der Waals surface area contributed by atoms with E-state index in [4.69, 9.17) is 5.14 Å². The molecule has 0 unspecified atom stereocenters. The second-order valence-corrected chi connectivity index (χ2v) is 6.97. The lowest BCUT2D eigenvalue weighted by Gasteiger charge is -2.06. The number of halogens is 2. The Kier molecular flexibility index (Phi) is 2.97. The molecule has 2 heterocycles. The van der Waals surface area contributed by atoms with Crippen LogP contribution in [0.4, 0.5) is 8.78 Å². The summed E-state index contributed by atoms with van der Waals surface area (Å²) in [6.07, 6.45) is 0. The Bertz CT molecular complexity index is 1280. The minimum atomic E-state index is -4.07. The summed E-state index contributed by atoms with van der Waals surface area (Å²) in [5.41, 5.74) is -1.27. The number of primary sulfonamides is 1. The Morgan fingerprint density at radius 3 is 2.48 bits per heavy atom. The summed E-state index contributed by atoms with van der Waals surface area (Å²) in [5, 5.41) is 4.56. The molecule has 0 atom stereocenters. The molecule has 1 aliphatic heterocycles. The maximum atomic E-state index is 14.0. The second-order valence-electron chi connectivity index (χ2n) is 5.41. The fourth-order valence-corrected chi connectivity index (χ4v) is 3.34. The van der Waals surface area contributed by atoms with Gasteiger partial charge in [0.25, 0.3) is 5.56 Å². The fourth-order valence-electron chi connectivity index (χ4n) is 2.80. The molecular weight excluding hydrogens is 356 g/mol. The Hall–Kier alpha value is -2.98. The van der Waals surface area contributed by atoms with Crippen LogP contribution in [0.25, 0.3) is 16.6 Å². The number of aromatic nitrogens is 2. The van der Waals surface area contributed by atoms with Gasteiger partial charge in [-0.1, -0.05) is 0 Å². The monoisotopic (exact) mass is 363 g/mol. The Labute approximate surface area is 138 Å². The average molecular weight is 363 g/mol. The van der Waals surface area contributed by atoms with Gasteiger partial charge >= 0.3 is 0 Å². The molecule has 0 saturated heterocycles. The fraction of sp³-hybridized carbons (Fsp3) is 0. The van der Waals surface area contributed by atoms with E-state index in [1.807, 2.05) is 0 Å². The van der Waals surface area contributed by atoms with Gasteiger partial charge < -0.3 is 0 Å². The summed E-state index contributed by atoms with van der Waals surface area (Å²) >= 11 is 0. The standard InChI is InChI=1S/C15H7F2N3O4S/c16-6-3-9(17)12-10(4-6)19-14-13(21)8-5-7(25(18,23)24)1-2-11(8)20(14)15(12)22/h1-5H,(H2,18,23,24). The number of rotatable bonds is 1. The van der Waals surface area contributed by atoms with Crippen molar-refractivity contribution in [2.75, 3.05) is 0 Å². The van der Waals surface area contributed by atoms with Crippen LogP contribution in [-0.2, 0) is 10.0 Å². The third-order valence-corrected chi connectivity index (χ3v) is 4.79. The van der Waals surface area contributed by atoms with Gasteiger partial charge in [0.2, 0.25) is 15.8 Å². The number of hydrogen-bond donors (Lipinski definition) is 1. The molecule has 2 N–H and O–H groups in total. The van der Waals surface area contributed by atoms with Gasteiger partial charge in [-0.3, -0.25) is 14.2 Å². The van der Waals surface area contributed by atoms with Crippen molar-refractivity contribution in [3.05, 3.63) is 63.7 Å². The Morgan fingerprint density at radius 1 is 1.08 bits per heavy atom. The van der Waals surface area contributed by atoms with Gasteiger partial charge in [0.05, 0.1) is 21.7 Å². The highest BCUT2D eigenvalue weighted by atomic mass is 32.2. The van der Waals surface area contributed by atoms with Gasteiger partial charge in [-0.2, -0.15) is 0 Å². The molecule has 10 heteroatoms. The van der Waals surface area contributed by atoms with Gasteiger partial charge in [-0.05, 0) is 18.2 Å². The summed E-state index contributed by atoms with van der Waals surface area (Å²) in [7, 11) is -4.07. The van der Waals surface area contributed by atoms with Crippen molar-refractivity contribution in [2.24, 2.45) is 5.14 Å². The van der Waals surface area contributed by atoms with Crippen molar-refractivity contribution < 1.29 is 22.0 Å². The van der Waals surface area contributed by atoms with E-state index < -0.39 is 38.4 Å². The van der Waals surface area contributed by atoms with Crippen molar-refractivity contribution in [2.45, 2.75) is 4.90 Å². The zero-order valence-electron chi connectivity index (χ0n) is 12.2. The minimum absolute atomic E-state index is 0.0514. The predicted molar refractivity (Wildman–Crippen MR) is 82.1 cm³/mol. The van der Waals surface area contributed by atoms with Crippen LogP contribution in [0.5, 0.6) is 0 Å². The van der Waals surface area contributed by atoms with Crippen molar-refractivity contribution >= 4 is 26.7 Å². The normalized spacial score (nSPS) is 13.2. The van der Waals surface area contributed by atoms with Gasteiger partial charge in [0.15, 0.2) is 5.82 Å². The number of hydrogen-bond acceptors (Lipinski definition) is 5. The molecule has 2 aromatic carbocycles. The van der Waals surface area contributed by atoms with E-state index in [2.05, 4.69) is 4.98 Å². The third-order valence-electron chi connectivity index (χ3n) is 3.87. The highest BCUT2D eigenvalue weighted by Crippen LogP contribution is 2.28. The largest absolute Gasteiger partial charge is 0.285 e. The lowest BCUT2D eigenvalue weighted by atomic mass is 10.1. The smallest absolute Gasteiger partial charge is 0.269 e. The van der Waals surface area contributed by atoms with E-state index >= 15 is 0 Å². The number of carbonyl (C=O) groups excluding carboxylic acids is 1. The molecule has 1 aromatic heterocycles. The summed E-state index contributed by atoms with van der Waals surface area (Å²) in [6, 6.07) is 4.73. The van der Waals surface area contributed by atoms with Crippen LogP contribution in [0.15, 0.2) is 40.0 Å². The molecule has 0 amide bonds. The highest BCUT2D eigenvalue weighted by molar-refractivity contribution is 7.89. The number of nitrogens with two attached hydrogens (primary N) is 1. The van der Waals surface area contributed by atoms with Crippen molar-refractivity contribution in [3.8, 4) is 5.69 Å². The first kappa shape index (κ1) is 15.5. The number of ketones is 1. The second kappa shape index (κ2) is 4.77. The van der Waals surface area contributed by atoms with Crippen LogP contribution in [0.3, 0.4) is 0 Å². The molecular formula is C15H7F2N3O4S. The summed E-state index contributed by atoms with van der Waals surface area (Å²) in [4.78, 5) is 28.7.